The molecule has 0 heterocycles. The third kappa shape index (κ3) is 6.11. The van der Waals surface area contributed by atoms with Crippen LogP contribution in [-0.2, 0) is 14.6 Å². The molecule has 0 radical (unpaired) electrons. The highest BCUT2D eigenvalue weighted by molar-refractivity contribution is 7.90. The van der Waals surface area contributed by atoms with Crippen molar-refractivity contribution in [3.63, 3.8) is 0 Å². The first-order valence-corrected chi connectivity index (χ1v) is 7.84. The quantitative estimate of drug-likeness (QED) is 0.841. The first-order chi connectivity index (χ1) is 9.49. The summed E-state index contributed by atoms with van der Waals surface area (Å²) in [6, 6.07) is 1.19. The van der Waals surface area contributed by atoms with Crippen molar-refractivity contribution in [1.82, 2.24) is 5.32 Å². The van der Waals surface area contributed by atoms with Gasteiger partial charge in [0.1, 0.15) is 15.7 Å². The normalized spacial score (nSPS) is 13.8. The Hall–Kier alpha value is -1.64. The molecular formula is C12H13F4NO3S. The van der Waals surface area contributed by atoms with Gasteiger partial charge in [-0.3, -0.25) is 4.79 Å². The molecule has 0 aliphatic rings. The first-order valence-electron chi connectivity index (χ1n) is 5.78. The van der Waals surface area contributed by atoms with Crippen LogP contribution < -0.4 is 5.32 Å². The summed E-state index contributed by atoms with van der Waals surface area (Å²) >= 11 is 0. The Bertz CT molecular complexity index is 596. The van der Waals surface area contributed by atoms with Crippen molar-refractivity contribution in [3.8, 4) is 0 Å². The molecule has 1 N–H and O–H groups in total. The maximum atomic E-state index is 12.9. The number of carbonyl (C=O) groups excluding carboxylic acids is 1. The van der Waals surface area contributed by atoms with Crippen LogP contribution in [-0.4, -0.2) is 32.5 Å². The van der Waals surface area contributed by atoms with Crippen LogP contribution in [0.4, 0.5) is 17.6 Å². The van der Waals surface area contributed by atoms with Gasteiger partial charge >= 0.3 is 6.18 Å². The van der Waals surface area contributed by atoms with Gasteiger partial charge in [0.25, 0.3) is 0 Å². The van der Waals surface area contributed by atoms with Crippen molar-refractivity contribution in [2.75, 3.05) is 12.0 Å². The standard InChI is InChI=1S/C12H13F4NO3S/c1-21(19,20)7-6-10(18)17-11(12(14,15)16)8-2-4-9(13)5-3-8/h2-5,11H,6-7H2,1H3,(H,17,18)/t11-/m1/s1. The zero-order valence-corrected chi connectivity index (χ0v) is 11.8. The zero-order valence-electron chi connectivity index (χ0n) is 10.9. The third-order valence-electron chi connectivity index (χ3n) is 2.54. The predicted octanol–water partition coefficient (Wildman–Crippen LogP) is 1.98. The second-order valence-corrected chi connectivity index (χ2v) is 6.73. The minimum absolute atomic E-state index is 0.336. The minimum Gasteiger partial charge on any atom is -0.341 e. The molecule has 0 fully saturated rings. The molecule has 0 spiro atoms. The van der Waals surface area contributed by atoms with Crippen LogP contribution in [0.15, 0.2) is 24.3 Å². The molecule has 21 heavy (non-hydrogen) atoms. The predicted molar refractivity (Wildman–Crippen MR) is 67.7 cm³/mol. The van der Waals surface area contributed by atoms with Crippen molar-refractivity contribution in [1.29, 1.82) is 0 Å². The summed E-state index contributed by atoms with van der Waals surface area (Å²) in [7, 11) is -3.45. The maximum Gasteiger partial charge on any atom is 0.412 e. The molecule has 0 saturated carbocycles. The lowest BCUT2D eigenvalue weighted by Gasteiger charge is -2.22. The van der Waals surface area contributed by atoms with Gasteiger partial charge in [-0.15, -0.1) is 0 Å². The topological polar surface area (TPSA) is 63.2 Å². The molecular weight excluding hydrogens is 314 g/mol. The summed E-state index contributed by atoms with van der Waals surface area (Å²) < 4.78 is 73.2. The largest absolute Gasteiger partial charge is 0.412 e. The van der Waals surface area contributed by atoms with Gasteiger partial charge in [-0.05, 0) is 17.7 Å². The number of benzene rings is 1. The Morgan fingerprint density at radius 2 is 1.76 bits per heavy atom. The minimum atomic E-state index is -4.78. The summed E-state index contributed by atoms with van der Waals surface area (Å²) in [5.41, 5.74) is -0.336. The number of carbonyl (C=O) groups is 1. The zero-order chi connectivity index (χ0) is 16.3. The van der Waals surface area contributed by atoms with Gasteiger partial charge in [-0.2, -0.15) is 13.2 Å². The Kier molecular flexibility index (Phi) is 5.32. The molecule has 118 valence electrons. The van der Waals surface area contributed by atoms with Gasteiger partial charge in [-0.1, -0.05) is 12.1 Å². The van der Waals surface area contributed by atoms with E-state index in [9.17, 15) is 30.8 Å². The molecule has 1 aromatic carbocycles. The van der Waals surface area contributed by atoms with Crippen LogP contribution in [0.5, 0.6) is 0 Å². The van der Waals surface area contributed by atoms with Crippen molar-refractivity contribution in [2.45, 2.75) is 18.6 Å². The molecule has 0 bridgehead atoms. The van der Waals surface area contributed by atoms with E-state index in [1.165, 1.54) is 0 Å². The summed E-state index contributed by atoms with van der Waals surface area (Å²) in [6.45, 7) is 0. The molecule has 1 atom stereocenters. The van der Waals surface area contributed by atoms with Crippen molar-refractivity contribution < 1.29 is 30.8 Å². The van der Waals surface area contributed by atoms with E-state index < -0.39 is 46.0 Å². The third-order valence-corrected chi connectivity index (χ3v) is 3.48. The van der Waals surface area contributed by atoms with E-state index in [0.717, 1.165) is 30.5 Å². The molecule has 9 heteroatoms. The van der Waals surface area contributed by atoms with Crippen LogP contribution in [0, 0.1) is 5.82 Å². The number of rotatable bonds is 5. The molecule has 0 aliphatic heterocycles. The average molecular weight is 327 g/mol. The second kappa shape index (κ2) is 6.42. The molecule has 0 aromatic heterocycles. The van der Waals surface area contributed by atoms with Crippen molar-refractivity contribution in [3.05, 3.63) is 35.6 Å². The summed E-state index contributed by atoms with van der Waals surface area (Å²) in [4.78, 5) is 11.4. The average Bonchev–Trinajstić information content (AvgIpc) is 2.32. The molecule has 1 aromatic rings. The lowest BCUT2D eigenvalue weighted by atomic mass is 10.1. The fourth-order valence-electron chi connectivity index (χ4n) is 1.52. The van der Waals surface area contributed by atoms with Gasteiger partial charge in [0, 0.05) is 12.7 Å². The van der Waals surface area contributed by atoms with Gasteiger partial charge in [0.2, 0.25) is 5.91 Å². The lowest BCUT2D eigenvalue weighted by molar-refractivity contribution is -0.163. The fraction of sp³-hybridized carbons (Fsp3) is 0.417. The number of hydrogen-bond acceptors (Lipinski definition) is 3. The maximum absolute atomic E-state index is 12.9. The van der Waals surface area contributed by atoms with Gasteiger partial charge in [0.05, 0.1) is 5.75 Å². The van der Waals surface area contributed by atoms with Gasteiger partial charge in [0.15, 0.2) is 6.04 Å². The molecule has 1 rings (SSSR count). The highest BCUT2D eigenvalue weighted by Gasteiger charge is 2.41. The molecule has 0 saturated heterocycles. The van der Waals surface area contributed by atoms with Crippen molar-refractivity contribution >= 4 is 15.7 Å². The van der Waals surface area contributed by atoms with E-state index in [-0.39, 0.29) is 5.56 Å². The highest BCUT2D eigenvalue weighted by atomic mass is 32.2. The number of halogens is 4. The number of amides is 1. The molecule has 0 unspecified atom stereocenters. The lowest BCUT2D eigenvalue weighted by Crippen LogP contribution is -2.38. The number of alkyl halides is 3. The summed E-state index contributed by atoms with van der Waals surface area (Å²) in [6.07, 6.45) is -4.48. The monoisotopic (exact) mass is 327 g/mol. The Morgan fingerprint density at radius 1 is 1.24 bits per heavy atom. The first kappa shape index (κ1) is 17.4. The molecule has 4 nitrogen and oxygen atoms in total. The second-order valence-electron chi connectivity index (χ2n) is 4.47. The number of hydrogen-bond donors (Lipinski definition) is 1. The van der Waals surface area contributed by atoms with E-state index in [0.29, 0.717) is 0 Å². The molecule has 0 aliphatic carbocycles. The van der Waals surface area contributed by atoms with Crippen LogP contribution in [0.3, 0.4) is 0 Å². The summed E-state index contributed by atoms with van der Waals surface area (Å²) in [5.74, 6) is -2.30. The Balaban J connectivity index is 2.85. The van der Waals surface area contributed by atoms with E-state index in [4.69, 9.17) is 0 Å². The highest BCUT2D eigenvalue weighted by Crippen LogP contribution is 2.32. The molecule has 1 amide bonds. The van der Waals surface area contributed by atoms with Gasteiger partial charge in [-0.25, -0.2) is 12.8 Å². The van der Waals surface area contributed by atoms with E-state index in [1.54, 1.807) is 5.32 Å². The van der Waals surface area contributed by atoms with E-state index in [2.05, 4.69) is 0 Å². The van der Waals surface area contributed by atoms with Crippen LogP contribution >= 0.6 is 0 Å². The van der Waals surface area contributed by atoms with E-state index >= 15 is 0 Å². The number of nitrogens with one attached hydrogen (secondary N) is 1. The van der Waals surface area contributed by atoms with Crippen LogP contribution in [0.1, 0.15) is 18.0 Å². The number of sulfone groups is 1. The van der Waals surface area contributed by atoms with E-state index in [1.807, 2.05) is 0 Å². The van der Waals surface area contributed by atoms with Crippen LogP contribution in [0.25, 0.3) is 0 Å². The van der Waals surface area contributed by atoms with Crippen LogP contribution in [0.2, 0.25) is 0 Å². The summed E-state index contributed by atoms with van der Waals surface area (Å²) in [5, 5.41) is 1.71. The Morgan fingerprint density at radius 3 is 2.19 bits per heavy atom. The van der Waals surface area contributed by atoms with Crippen molar-refractivity contribution in [2.24, 2.45) is 0 Å². The fourth-order valence-corrected chi connectivity index (χ4v) is 2.08. The SMILES string of the molecule is CS(=O)(=O)CCC(=O)N[C@H](c1ccc(F)cc1)C(F)(F)F. The smallest absolute Gasteiger partial charge is 0.341 e. The Labute approximate surface area is 119 Å². The van der Waals surface area contributed by atoms with Gasteiger partial charge < -0.3 is 5.32 Å².